The van der Waals surface area contributed by atoms with E-state index in [1.54, 1.807) is 17.5 Å². The van der Waals surface area contributed by atoms with Gasteiger partial charge in [0.05, 0.1) is 11.9 Å². The monoisotopic (exact) mass is 262 g/mol. The van der Waals surface area contributed by atoms with Crippen LogP contribution in [-0.4, -0.2) is 11.5 Å². The molecular weight excluding hydrogens is 244 g/mol. The number of aromatic nitrogens is 1. The standard InChI is InChI=1S/C14H18N2OS/c1-3-15-11(2)14-7-6-12(9-16-14)17-10-13-5-4-8-18-13/h4-9,11,15H,3,10H2,1-2H3. The van der Waals surface area contributed by atoms with Gasteiger partial charge in [0.25, 0.3) is 0 Å². The van der Waals surface area contributed by atoms with Gasteiger partial charge >= 0.3 is 0 Å². The topological polar surface area (TPSA) is 34.1 Å². The van der Waals surface area contributed by atoms with Gasteiger partial charge in [-0.1, -0.05) is 13.0 Å². The second-order valence-corrected chi connectivity index (χ2v) is 5.10. The summed E-state index contributed by atoms with van der Waals surface area (Å²) in [5, 5.41) is 5.39. The van der Waals surface area contributed by atoms with Gasteiger partial charge in [0, 0.05) is 10.9 Å². The van der Waals surface area contributed by atoms with Gasteiger partial charge in [-0.2, -0.15) is 0 Å². The van der Waals surface area contributed by atoms with Gasteiger partial charge in [-0.3, -0.25) is 4.98 Å². The zero-order chi connectivity index (χ0) is 12.8. The molecule has 2 heterocycles. The first-order chi connectivity index (χ1) is 8.79. The van der Waals surface area contributed by atoms with E-state index >= 15 is 0 Å². The smallest absolute Gasteiger partial charge is 0.138 e. The van der Waals surface area contributed by atoms with Crippen LogP contribution in [0.15, 0.2) is 35.8 Å². The summed E-state index contributed by atoms with van der Waals surface area (Å²) in [5.41, 5.74) is 1.04. The summed E-state index contributed by atoms with van der Waals surface area (Å²) in [7, 11) is 0. The molecule has 0 fully saturated rings. The number of pyridine rings is 1. The molecule has 1 atom stereocenters. The average Bonchev–Trinajstić information content (AvgIpc) is 2.90. The summed E-state index contributed by atoms with van der Waals surface area (Å²) in [4.78, 5) is 5.64. The van der Waals surface area contributed by atoms with Crippen LogP contribution in [0, 0.1) is 0 Å². The number of hydrogen-bond donors (Lipinski definition) is 1. The summed E-state index contributed by atoms with van der Waals surface area (Å²) in [6.07, 6.45) is 1.79. The van der Waals surface area contributed by atoms with Crippen LogP contribution in [0.4, 0.5) is 0 Å². The van der Waals surface area contributed by atoms with E-state index in [1.807, 2.05) is 18.2 Å². The Hall–Kier alpha value is -1.39. The van der Waals surface area contributed by atoms with Crippen molar-refractivity contribution in [1.82, 2.24) is 10.3 Å². The lowest BCUT2D eigenvalue weighted by Gasteiger charge is -2.12. The van der Waals surface area contributed by atoms with Crippen molar-refractivity contribution in [2.75, 3.05) is 6.54 Å². The van der Waals surface area contributed by atoms with Crippen molar-refractivity contribution >= 4 is 11.3 Å². The SMILES string of the molecule is CCNC(C)c1ccc(OCc2cccs2)cn1. The molecule has 4 heteroatoms. The third kappa shape index (κ3) is 3.55. The molecule has 96 valence electrons. The van der Waals surface area contributed by atoms with Gasteiger partial charge in [-0.05, 0) is 37.0 Å². The summed E-state index contributed by atoms with van der Waals surface area (Å²) in [5.74, 6) is 0.816. The lowest BCUT2D eigenvalue weighted by Crippen LogP contribution is -2.18. The highest BCUT2D eigenvalue weighted by Crippen LogP contribution is 2.17. The van der Waals surface area contributed by atoms with Crippen LogP contribution in [0.2, 0.25) is 0 Å². The fraction of sp³-hybridized carbons (Fsp3) is 0.357. The maximum atomic E-state index is 5.67. The molecule has 0 bridgehead atoms. The molecule has 0 aromatic carbocycles. The summed E-state index contributed by atoms with van der Waals surface area (Å²) < 4.78 is 5.67. The summed E-state index contributed by atoms with van der Waals surface area (Å²) in [6.45, 7) is 5.76. The number of ether oxygens (including phenoxy) is 1. The molecule has 1 N–H and O–H groups in total. The fourth-order valence-electron chi connectivity index (χ4n) is 1.69. The summed E-state index contributed by atoms with van der Waals surface area (Å²) >= 11 is 1.70. The molecule has 0 aliphatic carbocycles. The molecule has 2 aromatic heterocycles. The fourth-order valence-corrected chi connectivity index (χ4v) is 2.31. The van der Waals surface area contributed by atoms with Crippen LogP contribution < -0.4 is 10.1 Å². The van der Waals surface area contributed by atoms with E-state index in [0.29, 0.717) is 6.61 Å². The number of nitrogens with one attached hydrogen (secondary N) is 1. The molecule has 3 nitrogen and oxygen atoms in total. The van der Waals surface area contributed by atoms with Crippen molar-refractivity contribution in [3.63, 3.8) is 0 Å². The second-order valence-electron chi connectivity index (χ2n) is 4.07. The van der Waals surface area contributed by atoms with Crippen LogP contribution in [-0.2, 0) is 6.61 Å². The molecule has 0 aliphatic heterocycles. The van der Waals surface area contributed by atoms with Gasteiger partial charge in [0.1, 0.15) is 12.4 Å². The third-order valence-corrected chi connectivity index (χ3v) is 3.52. The molecule has 0 aliphatic rings. The van der Waals surface area contributed by atoms with Gasteiger partial charge < -0.3 is 10.1 Å². The van der Waals surface area contributed by atoms with Crippen LogP contribution in [0.1, 0.15) is 30.5 Å². The Morgan fingerprint density at radius 3 is 2.89 bits per heavy atom. The van der Waals surface area contributed by atoms with Crippen LogP contribution in [0.5, 0.6) is 5.75 Å². The van der Waals surface area contributed by atoms with Crippen molar-refractivity contribution in [1.29, 1.82) is 0 Å². The van der Waals surface area contributed by atoms with E-state index in [2.05, 4.69) is 35.6 Å². The number of rotatable bonds is 6. The molecule has 2 rings (SSSR count). The predicted octanol–water partition coefficient (Wildman–Crippen LogP) is 3.39. The van der Waals surface area contributed by atoms with Crippen molar-refractivity contribution in [2.45, 2.75) is 26.5 Å². The van der Waals surface area contributed by atoms with Crippen LogP contribution in [0.25, 0.3) is 0 Å². The maximum Gasteiger partial charge on any atom is 0.138 e. The third-order valence-electron chi connectivity index (χ3n) is 2.67. The lowest BCUT2D eigenvalue weighted by atomic mass is 10.2. The minimum atomic E-state index is 0.279. The van der Waals surface area contributed by atoms with Gasteiger partial charge in [-0.15, -0.1) is 11.3 Å². The van der Waals surface area contributed by atoms with Crippen molar-refractivity contribution < 1.29 is 4.74 Å². The lowest BCUT2D eigenvalue weighted by molar-refractivity contribution is 0.308. The highest BCUT2D eigenvalue weighted by molar-refractivity contribution is 7.09. The first-order valence-electron chi connectivity index (χ1n) is 6.14. The van der Waals surface area contributed by atoms with E-state index in [1.165, 1.54) is 4.88 Å². The molecular formula is C14H18N2OS. The Balaban J connectivity index is 1.91. The van der Waals surface area contributed by atoms with Crippen molar-refractivity contribution in [3.05, 3.63) is 46.4 Å². The zero-order valence-corrected chi connectivity index (χ0v) is 11.5. The van der Waals surface area contributed by atoms with Crippen molar-refractivity contribution in [3.8, 4) is 5.75 Å². The van der Waals surface area contributed by atoms with Gasteiger partial charge in [-0.25, -0.2) is 0 Å². The number of thiophene rings is 1. The quantitative estimate of drug-likeness (QED) is 0.866. The number of nitrogens with zero attached hydrogens (tertiary/aromatic N) is 1. The van der Waals surface area contributed by atoms with E-state index < -0.39 is 0 Å². The zero-order valence-electron chi connectivity index (χ0n) is 10.7. The Bertz CT molecular complexity index is 453. The Morgan fingerprint density at radius 2 is 2.28 bits per heavy atom. The largest absolute Gasteiger partial charge is 0.486 e. The molecule has 0 saturated heterocycles. The second kappa shape index (κ2) is 6.52. The Kier molecular flexibility index (Phi) is 4.73. The molecule has 0 radical (unpaired) electrons. The first kappa shape index (κ1) is 13.1. The van der Waals surface area contributed by atoms with E-state index in [4.69, 9.17) is 4.74 Å². The highest BCUT2D eigenvalue weighted by Gasteiger charge is 2.05. The van der Waals surface area contributed by atoms with E-state index in [0.717, 1.165) is 18.0 Å². The summed E-state index contributed by atoms with van der Waals surface area (Å²) in [6, 6.07) is 8.37. The van der Waals surface area contributed by atoms with E-state index in [-0.39, 0.29) is 6.04 Å². The van der Waals surface area contributed by atoms with Gasteiger partial charge in [0.2, 0.25) is 0 Å². The molecule has 1 unspecified atom stereocenters. The van der Waals surface area contributed by atoms with Crippen LogP contribution in [0.3, 0.4) is 0 Å². The molecule has 2 aromatic rings. The first-order valence-corrected chi connectivity index (χ1v) is 7.02. The number of hydrogen-bond acceptors (Lipinski definition) is 4. The molecule has 0 saturated carbocycles. The normalized spacial score (nSPS) is 12.3. The molecule has 0 amide bonds. The average molecular weight is 262 g/mol. The minimum absolute atomic E-state index is 0.279. The van der Waals surface area contributed by atoms with Crippen LogP contribution >= 0.6 is 11.3 Å². The minimum Gasteiger partial charge on any atom is -0.486 e. The molecule has 18 heavy (non-hydrogen) atoms. The van der Waals surface area contributed by atoms with E-state index in [9.17, 15) is 0 Å². The van der Waals surface area contributed by atoms with Gasteiger partial charge in [0.15, 0.2) is 0 Å². The Labute approximate surface area is 112 Å². The highest BCUT2D eigenvalue weighted by atomic mass is 32.1. The molecule has 0 spiro atoms. The maximum absolute atomic E-state index is 5.67. The Morgan fingerprint density at radius 1 is 1.39 bits per heavy atom. The predicted molar refractivity (Wildman–Crippen MR) is 75.0 cm³/mol. The van der Waals surface area contributed by atoms with Crippen molar-refractivity contribution in [2.24, 2.45) is 0 Å².